The highest BCUT2D eigenvalue weighted by atomic mass is 16.5. The van der Waals surface area contributed by atoms with Crippen molar-refractivity contribution < 1.29 is 9.53 Å². The van der Waals surface area contributed by atoms with E-state index in [9.17, 15) is 4.79 Å². The van der Waals surface area contributed by atoms with E-state index in [-0.39, 0.29) is 11.9 Å². The SMILES string of the molecule is COC(=O)C1CCN(c2ccc(Cc3nccc(Nc4ccnc(-c5cccc(C)n5)n4)n3)cc2)CC1. The molecule has 0 aliphatic carbocycles. The topological polar surface area (TPSA) is 106 Å². The van der Waals surface area contributed by atoms with Gasteiger partial charge in [-0.2, -0.15) is 0 Å². The van der Waals surface area contributed by atoms with Gasteiger partial charge in [-0.15, -0.1) is 0 Å². The molecule has 1 saturated heterocycles. The third-order valence-electron chi connectivity index (χ3n) is 6.43. The molecular formula is C28H29N7O2. The van der Waals surface area contributed by atoms with Gasteiger partial charge in [-0.1, -0.05) is 18.2 Å². The van der Waals surface area contributed by atoms with Gasteiger partial charge in [-0.3, -0.25) is 4.79 Å². The molecule has 0 unspecified atom stereocenters. The predicted octanol–water partition coefficient (Wildman–Crippen LogP) is 4.36. The lowest BCUT2D eigenvalue weighted by molar-refractivity contribution is -0.146. The van der Waals surface area contributed by atoms with Crippen LogP contribution in [0.4, 0.5) is 17.3 Å². The molecule has 37 heavy (non-hydrogen) atoms. The molecule has 1 N–H and O–H groups in total. The van der Waals surface area contributed by atoms with Crippen LogP contribution in [0.5, 0.6) is 0 Å². The van der Waals surface area contributed by atoms with Crippen molar-refractivity contribution in [3.8, 4) is 11.5 Å². The zero-order chi connectivity index (χ0) is 25.6. The van der Waals surface area contributed by atoms with Gasteiger partial charge in [-0.25, -0.2) is 24.9 Å². The zero-order valence-electron chi connectivity index (χ0n) is 21.0. The van der Waals surface area contributed by atoms with Crippen molar-refractivity contribution >= 4 is 23.3 Å². The van der Waals surface area contributed by atoms with E-state index in [1.54, 1.807) is 18.5 Å². The Labute approximate surface area is 216 Å². The van der Waals surface area contributed by atoms with Crippen LogP contribution in [0.3, 0.4) is 0 Å². The molecule has 0 spiro atoms. The van der Waals surface area contributed by atoms with Gasteiger partial charge in [0, 0.05) is 43.3 Å². The second-order valence-electron chi connectivity index (χ2n) is 9.04. The van der Waals surface area contributed by atoms with E-state index >= 15 is 0 Å². The Bertz CT molecular complexity index is 1370. The van der Waals surface area contributed by atoms with Crippen LogP contribution in [0.1, 0.15) is 29.9 Å². The van der Waals surface area contributed by atoms with E-state index in [0.29, 0.717) is 29.7 Å². The molecule has 1 aliphatic heterocycles. The molecule has 5 rings (SSSR count). The van der Waals surface area contributed by atoms with Crippen LogP contribution in [0, 0.1) is 12.8 Å². The minimum atomic E-state index is -0.102. The largest absolute Gasteiger partial charge is 0.469 e. The first-order chi connectivity index (χ1) is 18.1. The average Bonchev–Trinajstić information content (AvgIpc) is 2.93. The standard InChI is InChI=1S/C28H29N7O2/c1-19-4-3-5-23(31-19)27-30-15-11-25(34-27)32-24-10-14-29-26(33-24)18-20-6-8-22(9-7-20)35-16-12-21(13-17-35)28(36)37-2/h3-11,14-15,21H,12-13,16-18H2,1-2H3,(H,29,30,32,33,34). The van der Waals surface area contributed by atoms with Crippen molar-refractivity contribution in [2.24, 2.45) is 5.92 Å². The van der Waals surface area contributed by atoms with Crippen LogP contribution in [0.2, 0.25) is 0 Å². The van der Waals surface area contributed by atoms with E-state index in [1.165, 1.54) is 7.11 Å². The van der Waals surface area contributed by atoms with Crippen molar-refractivity contribution in [3.05, 3.63) is 84.1 Å². The van der Waals surface area contributed by atoms with Crippen LogP contribution >= 0.6 is 0 Å². The highest BCUT2D eigenvalue weighted by Crippen LogP contribution is 2.25. The van der Waals surface area contributed by atoms with Gasteiger partial charge in [0.1, 0.15) is 23.2 Å². The van der Waals surface area contributed by atoms with Crippen LogP contribution < -0.4 is 10.2 Å². The fourth-order valence-corrected chi connectivity index (χ4v) is 4.45. The number of aryl methyl sites for hydroxylation is 1. The number of carbonyl (C=O) groups is 1. The average molecular weight is 496 g/mol. The number of piperidine rings is 1. The molecule has 1 aliphatic rings. The quantitative estimate of drug-likeness (QED) is 0.374. The van der Waals surface area contributed by atoms with Crippen LogP contribution in [-0.2, 0) is 16.0 Å². The molecule has 0 saturated carbocycles. The number of carbonyl (C=O) groups excluding carboxylic acids is 1. The first-order valence-corrected chi connectivity index (χ1v) is 12.3. The number of pyridine rings is 1. The van der Waals surface area contributed by atoms with Gasteiger partial charge in [0.15, 0.2) is 5.82 Å². The molecule has 4 aromatic rings. The summed E-state index contributed by atoms with van der Waals surface area (Å²) in [6.45, 7) is 3.64. The summed E-state index contributed by atoms with van der Waals surface area (Å²) in [4.78, 5) is 36.7. The number of esters is 1. The van der Waals surface area contributed by atoms with Crippen molar-refractivity contribution in [2.45, 2.75) is 26.2 Å². The minimum Gasteiger partial charge on any atom is -0.469 e. The van der Waals surface area contributed by atoms with Gasteiger partial charge >= 0.3 is 5.97 Å². The maximum Gasteiger partial charge on any atom is 0.308 e. The number of nitrogens with zero attached hydrogens (tertiary/aromatic N) is 6. The molecule has 1 fully saturated rings. The van der Waals surface area contributed by atoms with Crippen LogP contribution in [0.15, 0.2) is 67.0 Å². The lowest BCUT2D eigenvalue weighted by Gasteiger charge is -2.32. The number of benzene rings is 1. The van der Waals surface area contributed by atoms with Crippen LogP contribution in [0.25, 0.3) is 11.5 Å². The molecule has 0 atom stereocenters. The molecular weight excluding hydrogens is 466 g/mol. The molecule has 0 amide bonds. The van der Waals surface area contributed by atoms with Crippen molar-refractivity contribution in [1.82, 2.24) is 24.9 Å². The number of rotatable bonds is 7. The molecule has 188 valence electrons. The maximum atomic E-state index is 11.8. The molecule has 0 bridgehead atoms. The Morgan fingerprint density at radius 2 is 1.68 bits per heavy atom. The number of anilines is 3. The fourth-order valence-electron chi connectivity index (χ4n) is 4.45. The summed E-state index contributed by atoms with van der Waals surface area (Å²) in [5.41, 5.74) is 3.92. The monoisotopic (exact) mass is 495 g/mol. The number of hydrogen-bond acceptors (Lipinski definition) is 9. The number of aromatic nitrogens is 5. The van der Waals surface area contributed by atoms with Gasteiger partial charge in [-0.05, 0) is 61.7 Å². The van der Waals surface area contributed by atoms with Crippen molar-refractivity contribution in [2.75, 3.05) is 30.4 Å². The lowest BCUT2D eigenvalue weighted by Crippen LogP contribution is -2.36. The first-order valence-electron chi connectivity index (χ1n) is 12.3. The normalized spacial score (nSPS) is 13.8. The molecule has 9 heteroatoms. The summed E-state index contributed by atoms with van der Waals surface area (Å²) in [5, 5.41) is 3.25. The summed E-state index contributed by atoms with van der Waals surface area (Å²) in [6, 6.07) is 17.9. The third-order valence-corrected chi connectivity index (χ3v) is 6.43. The summed E-state index contributed by atoms with van der Waals surface area (Å²) < 4.78 is 4.89. The number of hydrogen-bond donors (Lipinski definition) is 1. The summed E-state index contributed by atoms with van der Waals surface area (Å²) >= 11 is 0. The molecule has 0 radical (unpaired) electrons. The summed E-state index contributed by atoms with van der Waals surface area (Å²) in [6.07, 6.45) is 5.70. The van der Waals surface area contributed by atoms with E-state index in [1.807, 2.05) is 31.2 Å². The Hall–Kier alpha value is -4.40. The Kier molecular flexibility index (Phi) is 7.30. The van der Waals surface area contributed by atoms with Crippen LogP contribution in [-0.4, -0.2) is 51.1 Å². The molecule has 4 heterocycles. The van der Waals surface area contributed by atoms with Gasteiger partial charge in [0.2, 0.25) is 0 Å². The number of methoxy groups -OCH3 is 1. The van der Waals surface area contributed by atoms with Gasteiger partial charge in [0.25, 0.3) is 0 Å². The zero-order valence-corrected chi connectivity index (χ0v) is 21.0. The summed E-state index contributed by atoms with van der Waals surface area (Å²) in [7, 11) is 1.46. The Balaban J connectivity index is 1.22. The Morgan fingerprint density at radius 1 is 0.946 bits per heavy atom. The van der Waals surface area contributed by atoms with E-state index < -0.39 is 0 Å². The fraction of sp³-hybridized carbons (Fsp3) is 0.286. The first kappa shape index (κ1) is 24.3. The highest BCUT2D eigenvalue weighted by molar-refractivity contribution is 5.72. The second-order valence-corrected chi connectivity index (χ2v) is 9.04. The van der Waals surface area contributed by atoms with E-state index in [4.69, 9.17) is 4.74 Å². The molecule has 9 nitrogen and oxygen atoms in total. The highest BCUT2D eigenvalue weighted by Gasteiger charge is 2.25. The molecule has 1 aromatic carbocycles. The Morgan fingerprint density at radius 3 is 2.41 bits per heavy atom. The van der Waals surface area contributed by atoms with Crippen molar-refractivity contribution in [3.63, 3.8) is 0 Å². The smallest absolute Gasteiger partial charge is 0.308 e. The van der Waals surface area contributed by atoms with Crippen molar-refractivity contribution in [1.29, 1.82) is 0 Å². The maximum absolute atomic E-state index is 11.8. The number of ether oxygens (including phenoxy) is 1. The van der Waals surface area contributed by atoms with E-state index in [2.05, 4.69) is 59.4 Å². The predicted molar refractivity (Wildman–Crippen MR) is 142 cm³/mol. The van der Waals surface area contributed by atoms with Gasteiger partial charge in [0.05, 0.1) is 13.0 Å². The molecule has 3 aromatic heterocycles. The van der Waals surface area contributed by atoms with Gasteiger partial charge < -0.3 is 15.0 Å². The second kappa shape index (κ2) is 11.1. The summed E-state index contributed by atoms with van der Waals surface area (Å²) in [5.74, 6) is 2.47. The minimum absolute atomic E-state index is 0.00620. The number of nitrogens with one attached hydrogen (secondary N) is 1. The lowest BCUT2D eigenvalue weighted by atomic mass is 9.96. The van der Waals surface area contributed by atoms with E-state index in [0.717, 1.165) is 48.6 Å². The third kappa shape index (κ3) is 6.06.